The number of carbonyl (C=O) groups is 2. The molecule has 0 aliphatic carbocycles. The largest absolute Gasteiger partial charge is 0.462 e. The number of esters is 1. The first-order valence-electron chi connectivity index (χ1n) is 27.4. The summed E-state index contributed by atoms with van der Waals surface area (Å²) in [5, 5.41) is 23.8. The molecule has 0 aromatic heterocycles. The number of hydrogen-bond donors (Lipinski definition) is 3. The number of aliphatic hydroxyl groups excluding tert-OH is 2. The van der Waals surface area contributed by atoms with E-state index in [1.165, 1.54) is 212 Å². The van der Waals surface area contributed by atoms with Gasteiger partial charge in [0.15, 0.2) is 0 Å². The van der Waals surface area contributed by atoms with Crippen LogP contribution < -0.4 is 5.32 Å². The summed E-state index contributed by atoms with van der Waals surface area (Å²) in [7, 11) is 0. The molecule has 0 aromatic carbocycles. The Labute approximate surface area is 380 Å². The van der Waals surface area contributed by atoms with Gasteiger partial charge in [-0.3, -0.25) is 9.59 Å². The van der Waals surface area contributed by atoms with Crippen molar-refractivity contribution >= 4 is 11.9 Å². The van der Waals surface area contributed by atoms with Crippen molar-refractivity contribution in [1.82, 2.24) is 5.32 Å². The highest BCUT2D eigenvalue weighted by Gasteiger charge is 2.24. The molecule has 3 N–H and O–H groups in total. The van der Waals surface area contributed by atoms with Gasteiger partial charge in [0.25, 0.3) is 0 Å². The Balaban J connectivity index is 4.45. The van der Waals surface area contributed by atoms with Crippen molar-refractivity contribution in [1.29, 1.82) is 0 Å². The van der Waals surface area contributed by atoms with E-state index in [-0.39, 0.29) is 24.9 Å². The molecule has 61 heavy (non-hydrogen) atoms. The minimum Gasteiger partial charge on any atom is -0.462 e. The van der Waals surface area contributed by atoms with E-state index >= 15 is 0 Å². The summed E-state index contributed by atoms with van der Waals surface area (Å²) in [6, 6.07) is -0.695. The molecule has 0 bridgehead atoms. The zero-order valence-corrected chi connectivity index (χ0v) is 41.3. The van der Waals surface area contributed by atoms with Crippen molar-refractivity contribution in [3.05, 3.63) is 12.2 Å². The van der Waals surface area contributed by atoms with Crippen LogP contribution in [0.4, 0.5) is 0 Å². The predicted octanol–water partition coefficient (Wildman–Crippen LogP) is 16.5. The summed E-state index contributed by atoms with van der Waals surface area (Å²) >= 11 is 0. The minimum absolute atomic E-state index is 0.0831. The fourth-order valence-corrected chi connectivity index (χ4v) is 8.66. The lowest BCUT2D eigenvalue weighted by atomic mass is 10.0. The lowest BCUT2D eigenvalue weighted by Crippen LogP contribution is -2.46. The maximum Gasteiger partial charge on any atom is 0.306 e. The second-order valence-electron chi connectivity index (χ2n) is 19.0. The number of rotatable bonds is 50. The fraction of sp³-hybridized carbons (Fsp3) is 0.927. The van der Waals surface area contributed by atoms with Crippen LogP contribution in [0.2, 0.25) is 0 Å². The highest BCUT2D eigenvalue weighted by molar-refractivity contribution is 5.77. The molecular formula is C55H107NO5. The van der Waals surface area contributed by atoms with Gasteiger partial charge >= 0.3 is 5.97 Å². The Hall–Kier alpha value is -1.40. The predicted molar refractivity (Wildman–Crippen MR) is 264 cm³/mol. The molecule has 3 unspecified atom stereocenters. The van der Waals surface area contributed by atoms with Crippen molar-refractivity contribution in [3.8, 4) is 0 Å². The molecule has 0 aromatic rings. The van der Waals surface area contributed by atoms with Gasteiger partial charge in [0.05, 0.1) is 25.2 Å². The molecule has 0 aliphatic rings. The minimum atomic E-state index is -0.782. The van der Waals surface area contributed by atoms with E-state index in [2.05, 4.69) is 38.2 Å². The number of amides is 1. The Morgan fingerprint density at radius 1 is 0.459 bits per heavy atom. The van der Waals surface area contributed by atoms with Gasteiger partial charge in [-0.05, 0) is 51.4 Å². The summed E-state index contributed by atoms with van der Waals surface area (Å²) in [4.78, 5) is 26.2. The van der Waals surface area contributed by atoms with E-state index in [0.29, 0.717) is 19.3 Å². The molecule has 0 aliphatic heterocycles. The maximum absolute atomic E-state index is 13.2. The van der Waals surface area contributed by atoms with Crippen LogP contribution in [0.15, 0.2) is 12.2 Å². The molecule has 0 heterocycles. The standard InChI is InChI=1S/C55H107NO5/c1-4-7-10-13-16-19-22-24-26-28-29-32-35-38-41-44-47-53(58)52(50-57)56-54(59)49-51(46-43-40-37-34-31-21-18-15-12-9-6-3)61-55(60)48-45-42-39-36-33-30-27-25-23-20-17-14-11-8-5-2/h20,23,51-53,57-58H,4-19,21-22,24-50H2,1-3H3,(H,56,59)/b23-20-. The number of carbonyl (C=O) groups excluding carboxylic acids is 2. The summed E-state index contributed by atoms with van der Waals surface area (Å²) in [6.07, 6.45) is 55.6. The first-order valence-corrected chi connectivity index (χ1v) is 27.4. The van der Waals surface area contributed by atoms with E-state index in [9.17, 15) is 19.8 Å². The molecule has 0 saturated carbocycles. The van der Waals surface area contributed by atoms with E-state index in [1.807, 2.05) is 0 Å². The molecule has 0 rings (SSSR count). The number of hydrogen-bond acceptors (Lipinski definition) is 5. The van der Waals surface area contributed by atoms with Crippen LogP contribution in [0.1, 0.15) is 303 Å². The van der Waals surface area contributed by atoms with Crippen molar-refractivity contribution in [2.75, 3.05) is 6.61 Å². The molecule has 6 nitrogen and oxygen atoms in total. The lowest BCUT2D eigenvalue weighted by molar-refractivity contribution is -0.151. The molecule has 6 heteroatoms. The van der Waals surface area contributed by atoms with Crippen molar-refractivity contribution in [2.45, 2.75) is 322 Å². The van der Waals surface area contributed by atoms with E-state index in [1.54, 1.807) is 0 Å². The molecule has 0 fully saturated rings. The van der Waals surface area contributed by atoms with Gasteiger partial charge in [0.1, 0.15) is 6.10 Å². The van der Waals surface area contributed by atoms with Crippen molar-refractivity contribution in [3.63, 3.8) is 0 Å². The summed E-state index contributed by atoms with van der Waals surface area (Å²) in [5.41, 5.74) is 0. The van der Waals surface area contributed by atoms with Crippen LogP contribution >= 0.6 is 0 Å². The number of ether oxygens (including phenoxy) is 1. The zero-order valence-electron chi connectivity index (χ0n) is 41.3. The Bertz CT molecular complexity index is 924. The van der Waals surface area contributed by atoms with Crippen LogP contribution in [-0.4, -0.2) is 46.9 Å². The zero-order chi connectivity index (χ0) is 44.5. The quantitative estimate of drug-likeness (QED) is 0.0322. The van der Waals surface area contributed by atoms with Crippen molar-refractivity contribution < 1.29 is 24.5 Å². The average Bonchev–Trinajstić information content (AvgIpc) is 3.25. The van der Waals surface area contributed by atoms with Gasteiger partial charge in [0.2, 0.25) is 5.91 Å². The monoisotopic (exact) mass is 862 g/mol. The number of allylic oxidation sites excluding steroid dienone is 2. The third-order valence-corrected chi connectivity index (χ3v) is 12.8. The van der Waals surface area contributed by atoms with Gasteiger partial charge < -0.3 is 20.3 Å². The fourth-order valence-electron chi connectivity index (χ4n) is 8.66. The van der Waals surface area contributed by atoms with E-state index < -0.39 is 18.2 Å². The Kier molecular flexibility index (Phi) is 48.5. The first kappa shape index (κ1) is 59.6. The highest BCUT2D eigenvalue weighted by atomic mass is 16.5. The number of nitrogens with one attached hydrogen (secondary N) is 1. The summed E-state index contributed by atoms with van der Waals surface area (Å²) in [6.45, 7) is 6.50. The molecule has 0 saturated heterocycles. The summed E-state index contributed by atoms with van der Waals surface area (Å²) in [5.74, 6) is -0.460. The molecule has 0 radical (unpaired) electrons. The van der Waals surface area contributed by atoms with Gasteiger partial charge in [-0.25, -0.2) is 0 Å². The summed E-state index contributed by atoms with van der Waals surface area (Å²) < 4.78 is 5.94. The SMILES string of the molecule is CCCCCC/C=C\CCCCCCCCCC(=O)OC(CCCCCCCCCCCCC)CC(=O)NC(CO)C(O)CCCCCCCCCCCCCCCCCC. The third-order valence-electron chi connectivity index (χ3n) is 12.8. The van der Waals surface area contributed by atoms with Crippen LogP contribution in [0.3, 0.4) is 0 Å². The topological polar surface area (TPSA) is 95.9 Å². The molecule has 3 atom stereocenters. The Morgan fingerprint density at radius 3 is 1.18 bits per heavy atom. The van der Waals surface area contributed by atoms with Gasteiger partial charge in [-0.1, -0.05) is 251 Å². The molecular weight excluding hydrogens is 755 g/mol. The first-order chi connectivity index (χ1) is 30.0. The van der Waals surface area contributed by atoms with Crippen LogP contribution in [-0.2, 0) is 14.3 Å². The highest BCUT2D eigenvalue weighted by Crippen LogP contribution is 2.19. The second kappa shape index (κ2) is 49.6. The molecule has 0 spiro atoms. The third kappa shape index (κ3) is 45.0. The van der Waals surface area contributed by atoms with Crippen LogP contribution in [0.5, 0.6) is 0 Å². The lowest BCUT2D eigenvalue weighted by Gasteiger charge is -2.24. The average molecular weight is 862 g/mol. The number of aliphatic hydroxyl groups is 2. The molecule has 1 amide bonds. The smallest absolute Gasteiger partial charge is 0.306 e. The van der Waals surface area contributed by atoms with Gasteiger partial charge in [0, 0.05) is 6.42 Å². The van der Waals surface area contributed by atoms with Gasteiger partial charge in [-0.15, -0.1) is 0 Å². The van der Waals surface area contributed by atoms with Crippen LogP contribution in [0, 0.1) is 0 Å². The Morgan fingerprint density at radius 2 is 0.787 bits per heavy atom. The second-order valence-corrected chi connectivity index (χ2v) is 19.0. The van der Waals surface area contributed by atoms with Gasteiger partial charge in [-0.2, -0.15) is 0 Å². The maximum atomic E-state index is 13.2. The molecule has 362 valence electrons. The number of unbranched alkanes of at least 4 members (excludes halogenated alkanes) is 36. The normalized spacial score (nSPS) is 13.2. The van der Waals surface area contributed by atoms with Crippen LogP contribution in [0.25, 0.3) is 0 Å². The van der Waals surface area contributed by atoms with E-state index in [4.69, 9.17) is 4.74 Å². The van der Waals surface area contributed by atoms with Crippen molar-refractivity contribution in [2.24, 2.45) is 0 Å². The van der Waals surface area contributed by atoms with E-state index in [0.717, 1.165) is 44.9 Å².